The highest BCUT2D eigenvalue weighted by Crippen LogP contribution is 2.32. The van der Waals surface area contributed by atoms with Gasteiger partial charge >= 0.3 is 0 Å². The molecule has 0 unspecified atom stereocenters. The first-order chi connectivity index (χ1) is 9.17. The molecule has 0 saturated carbocycles. The Balaban J connectivity index is 2.33. The normalized spacial score (nSPS) is 14.0. The average Bonchev–Trinajstić information content (AvgIpc) is 2.43. The summed E-state index contributed by atoms with van der Waals surface area (Å²) in [5, 5.41) is 2.92. The third-order valence-electron chi connectivity index (χ3n) is 2.88. The molecule has 0 aliphatic carbocycles. The van der Waals surface area contributed by atoms with Crippen LogP contribution in [0.2, 0.25) is 0 Å². The molecule has 0 radical (unpaired) electrons. The molecule has 6 heteroatoms. The van der Waals surface area contributed by atoms with Crippen molar-refractivity contribution in [2.45, 2.75) is 13.5 Å². The van der Waals surface area contributed by atoms with Gasteiger partial charge in [0.25, 0.3) is 5.91 Å². The number of nitrogens with two attached hydrogens (primary N) is 1. The number of anilines is 1. The van der Waals surface area contributed by atoms with Crippen molar-refractivity contribution in [3.63, 3.8) is 0 Å². The number of fused-ring (bicyclic) bond motifs is 1. The smallest absolute Gasteiger partial charge is 0.271 e. The maximum absolute atomic E-state index is 12.1. The molecule has 0 spiro atoms. The Morgan fingerprint density at radius 2 is 2.32 bits per heavy atom. The highest BCUT2D eigenvalue weighted by atomic mass is 16.5. The predicted octanol–water partition coefficient (Wildman–Crippen LogP) is 0.00680. The number of likely N-dealkylation sites (N-methyl/N-ethyl adjacent to an activating group) is 1. The van der Waals surface area contributed by atoms with Crippen LogP contribution < -0.4 is 20.7 Å². The van der Waals surface area contributed by atoms with E-state index in [1.165, 1.54) is 4.90 Å². The largest absolute Gasteiger partial charge is 0.482 e. The fourth-order valence-electron chi connectivity index (χ4n) is 1.91. The number of amides is 2. The van der Waals surface area contributed by atoms with E-state index in [-0.39, 0.29) is 25.0 Å². The van der Waals surface area contributed by atoms with Crippen molar-refractivity contribution >= 4 is 17.5 Å². The van der Waals surface area contributed by atoms with Gasteiger partial charge in [-0.1, -0.05) is 13.0 Å². The number of rotatable bonds is 4. The first-order valence-electron chi connectivity index (χ1n) is 6.19. The first kappa shape index (κ1) is 13.5. The second-order valence-corrected chi connectivity index (χ2v) is 4.20. The molecule has 1 aliphatic heterocycles. The van der Waals surface area contributed by atoms with E-state index in [0.717, 1.165) is 5.56 Å². The van der Waals surface area contributed by atoms with Gasteiger partial charge in [0.1, 0.15) is 5.75 Å². The molecule has 0 saturated heterocycles. The van der Waals surface area contributed by atoms with Crippen LogP contribution in [0.1, 0.15) is 12.5 Å². The molecule has 6 nitrogen and oxygen atoms in total. The topological polar surface area (TPSA) is 84.7 Å². The lowest BCUT2D eigenvalue weighted by molar-refractivity contribution is -0.128. The van der Waals surface area contributed by atoms with E-state index in [0.29, 0.717) is 24.5 Å². The molecule has 19 heavy (non-hydrogen) atoms. The summed E-state index contributed by atoms with van der Waals surface area (Å²) < 4.78 is 5.32. The summed E-state index contributed by atoms with van der Waals surface area (Å²) in [6.45, 7) is 2.91. The number of benzene rings is 1. The van der Waals surface area contributed by atoms with Gasteiger partial charge in [0.2, 0.25) is 5.91 Å². The Labute approximate surface area is 111 Å². The summed E-state index contributed by atoms with van der Waals surface area (Å²) in [5.41, 5.74) is 6.90. The maximum Gasteiger partial charge on any atom is 0.271 e. The van der Waals surface area contributed by atoms with E-state index < -0.39 is 0 Å². The lowest BCUT2D eigenvalue weighted by Crippen LogP contribution is -2.46. The SMILES string of the molecule is CCNCC(=O)N1C(=O)COc2ccc(CN)cc21. The number of carbonyl (C=O) groups is 2. The molecule has 1 heterocycles. The van der Waals surface area contributed by atoms with Crippen LogP contribution in [-0.2, 0) is 16.1 Å². The maximum atomic E-state index is 12.1. The number of hydrogen-bond acceptors (Lipinski definition) is 5. The second kappa shape index (κ2) is 5.81. The van der Waals surface area contributed by atoms with Crippen molar-refractivity contribution < 1.29 is 14.3 Å². The quantitative estimate of drug-likeness (QED) is 0.799. The van der Waals surface area contributed by atoms with Gasteiger partial charge in [0.05, 0.1) is 12.2 Å². The van der Waals surface area contributed by atoms with E-state index in [1.807, 2.05) is 13.0 Å². The van der Waals surface area contributed by atoms with E-state index in [4.69, 9.17) is 10.5 Å². The molecule has 0 bridgehead atoms. The standard InChI is InChI=1S/C13H17N3O3/c1-2-15-7-12(17)16-10-5-9(6-14)3-4-11(10)19-8-13(16)18/h3-5,15H,2,6-8,14H2,1H3. The molecule has 1 aromatic carbocycles. The zero-order valence-corrected chi connectivity index (χ0v) is 10.8. The van der Waals surface area contributed by atoms with Crippen molar-refractivity contribution in [2.24, 2.45) is 5.73 Å². The molecule has 0 fully saturated rings. The van der Waals surface area contributed by atoms with Gasteiger partial charge < -0.3 is 15.8 Å². The molecule has 1 aliphatic rings. The minimum atomic E-state index is -0.357. The summed E-state index contributed by atoms with van der Waals surface area (Å²) in [6, 6.07) is 5.27. The van der Waals surface area contributed by atoms with Gasteiger partial charge in [-0.2, -0.15) is 0 Å². The molecule has 1 aromatic rings. The molecule has 2 rings (SSSR count). The predicted molar refractivity (Wildman–Crippen MR) is 70.9 cm³/mol. The Morgan fingerprint density at radius 1 is 1.53 bits per heavy atom. The van der Waals surface area contributed by atoms with Crippen molar-refractivity contribution in [3.05, 3.63) is 23.8 Å². The highest BCUT2D eigenvalue weighted by molar-refractivity contribution is 6.17. The van der Waals surface area contributed by atoms with Gasteiger partial charge in [-0.3, -0.25) is 9.59 Å². The molecule has 0 aromatic heterocycles. The molecule has 3 N–H and O–H groups in total. The van der Waals surface area contributed by atoms with Gasteiger partial charge in [-0.05, 0) is 24.2 Å². The van der Waals surface area contributed by atoms with Crippen LogP contribution >= 0.6 is 0 Å². The second-order valence-electron chi connectivity index (χ2n) is 4.20. The van der Waals surface area contributed by atoms with Crippen LogP contribution in [0.4, 0.5) is 5.69 Å². The number of hydrogen-bond donors (Lipinski definition) is 2. The third kappa shape index (κ3) is 2.74. The zero-order valence-electron chi connectivity index (χ0n) is 10.8. The lowest BCUT2D eigenvalue weighted by Gasteiger charge is -2.28. The number of carbonyl (C=O) groups excluding carboxylic acids is 2. The lowest BCUT2D eigenvalue weighted by atomic mass is 10.1. The summed E-state index contributed by atoms with van der Waals surface area (Å²) in [7, 11) is 0. The van der Waals surface area contributed by atoms with Crippen LogP contribution in [0, 0.1) is 0 Å². The Hall–Kier alpha value is -1.92. The number of nitrogens with one attached hydrogen (secondary N) is 1. The van der Waals surface area contributed by atoms with Crippen LogP contribution in [0.25, 0.3) is 0 Å². The highest BCUT2D eigenvalue weighted by Gasteiger charge is 2.30. The zero-order chi connectivity index (χ0) is 13.8. The van der Waals surface area contributed by atoms with Gasteiger partial charge in [-0.25, -0.2) is 4.90 Å². The Morgan fingerprint density at radius 3 is 3.00 bits per heavy atom. The molecule has 2 amide bonds. The summed E-state index contributed by atoms with van der Waals surface area (Å²) >= 11 is 0. The van der Waals surface area contributed by atoms with Crippen molar-refractivity contribution in [3.8, 4) is 5.75 Å². The first-order valence-corrected chi connectivity index (χ1v) is 6.19. The Bertz CT molecular complexity index is 502. The average molecular weight is 263 g/mol. The van der Waals surface area contributed by atoms with E-state index in [9.17, 15) is 9.59 Å². The fraction of sp³-hybridized carbons (Fsp3) is 0.385. The molecular weight excluding hydrogens is 246 g/mol. The minimum absolute atomic E-state index is 0.118. The van der Waals surface area contributed by atoms with Crippen molar-refractivity contribution in [1.29, 1.82) is 0 Å². The van der Waals surface area contributed by atoms with Crippen LogP contribution in [0.3, 0.4) is 0 Å². The van der Waals surface area contributed by atoms with Crippen LogP contribution in [-0.4, -0.2) is 31.5 Å². The summed E-state index contributed by atoms with van der Waals surface area (Å²) in [6.07, 6.45) is 0. The van der Waals surface area contributed by atoms with E-state index >= 15 is 0 Å². The molecule has 0 atom stereocenters. The molecule has 102 valence electrons. The summed E-state index contributed by atoms with van der Waals surface area (Å²) in [4.78, 5) is 25.1. The number of imide groups is 1. The summed E-state index contributed by atoms with van der Waals surface area (Å²) in [5.74, 6) is -0.114. The van der Waals surface area contributed by atoms with Gasteiger partial charge in [0, 0.05) is 6.54 Å². The monoisotopic (exact) mass is 263 g/mol. The van der Waals surface area contributed by atoms with Crippen LogP contribution in [0.15, 0.2) is 18.2 Å². The van der Waals surface area contributed by atoms with Gasteiger partial charge in [-0.15, -0.1) is 0 Å². The molecular formula is C13H17N3O3. The van der Waals surface area contributed by atoms with Gasteiger partial charge in [0.15, 0.2) is 6.61 Å². The van der Waals surface area contributed by atoms with Crippen LogP contribution in [0.5, 0.6) is 5.75 Å². The van der Waals surface area contributed by atoms with Crippen molar-refractivity contribution in [2.75, 3.05) is 24.6 Å². The third-order valence-corrected chi connectivity index (χ3v) is 2.88. The number of nitrogens with zero attached hydrogens (tertiary/aromatic N) is 1. The number of ether oxygens (including phenoxy) is 1. The fourth-order valence-corrected chi connectivity index (χ4v) is 1.91. The van der Waals surface area contributed by atoms with Crippen molar-refractivity contribution in [1.82, 2.24) is 5.32 Å². The van der Waals surface area contributed by atoms with E-state index in [2.05, 4.69) is 5.32 Å². The van der Waals surface area contributed by atoms with E-state index in [1.54, 1.807) is 12.1 Å². The Kier molecular flexibility index (Phi) is 4.13. The minimum Gasteiger partial charge on any atom is -0.482 e.